The lowest BCUT2D eigenvalue weighted by Gasteiger charge is -2.08. The average Bonchev–Trinajstić information content (AvgIpc) is 4.10. The number of hydrogen-bond donors (Lipinski definition) is 0. The third-order valence-electron chi connectivity index (χ3n) is 13.2. The molecule has 0 aliphatic rings. The standard InChI is InChI=1S/C56H29NO2S/c1-4-10-48-38(7-1)42-23-32(17-19-50(42)58-48)30-13-15-34-27-46-41(25-36(34)21-30)44-29-53-54(40-9-3-6-12-52(40)60-53)55-45-26-37-22-31(14-16-35(37)28-47(45)57(46)56(44)55)33-18-20-51-43(24-33)39-8-2-5-11-49(39)59-51/h1-29H. The van der Waals surface area contributed by atoms with Crippen molar-refractivity contribution in [2.45, 2.75) is 0 Å². The first-order chi connectivity index (χ1) is 29.7. The second kappa shape index (κ2) is 11.1. The van der Waals surface area contributed by atoms with Crippen LogP contribution in [-0.2, 0) is 0 Å². The molecule has 4 heteroatoms. The largest absolute Gasteiger partial charge is 0.456 e. The maximum absolute atomic E-state index is 6.17. The third-order valence-corrected chi connectivity index (χ3v) is 14.4. The molecule has 276 valence electrons. The van der Waals surface area contributed by atoms with Crippen LogP contribution in [0.2, 0.25) is 0 Å². The van der Waals surface area contributed by atoms with Gasteiger partial charge in [-0.05, 0) is 129 Å². The number of nitrogens with zero attached hydrogens (tertiary/aromatic N) is 1. The van der Waals surface area contributed by atoms with Crippen molar-refractivity contribution in [3.8, 4) is 22.3 Å². The van der Waals surface area contributed by atoms with Gasteiger partial charge < -0.3 is 13.2 Å². The Bertz CT molecular complexity index is 4360. The van der Waals surface area contributed by atoms with Gasteiger partial charge in [0.2, 0.25) is 0 Å². The van der Waals surface area contributed by atoms with Crippen molar-refractivity contribution in [2.24, 2.45) is 0 Å². The summed E-state index contributed by atoms with van der Waals surface area (Å²) in [5, 5.41) is 17.4. The van der Waals surface area contributed by atoms with Crippen LogP contribution < -0.4 is 0 Å². The predicted octanol–water partition coefficient (Wildman–Crippen LogP) is 16.6. The van der Waals surface area contributed by atoms with Crippen LogP contribution in [0.5, 0.6) is 0 Å². The van der Waals surface area contributed by atoms with E-state index in [4.69, 9.17) is 8.83 Å². The SMILES string of the molecule is c1ccc2c(c1)oc1ccc(-c3ccc4cc5c(cc4c3)c3cc4sc6ccccc6c4c4c6cc7cc(-c8ccc9oc%10ccccc%10c9c8)ccc7cc6n5c34)cc12. The number of fused-ring (bicyclic) bond motifs is 18. The van der Waals surface area contributed by atoms with Crippen LogP contribution in [0, 0.1) is 0 Å². The number of rotatable bonds is 2. The number of para-hydroxylation sites is 2. The molecule has 3 nitrogen and oxygen atoms in total. The molecule has 10 aromatic carbocycles. The fraction of sp³-hybridized carbons (Fsp3) is 0. The third kappa shape index (κ3) is 4.08. The predicted molar refractivity (Wildman–Crippen MR) is 254 cm³/mol. The lowest BCUT2D eigenvalue weighted by atomic mass is 9.96. The number of thiophene rings is 1. The molecule has 0 aliphatic heterocycles. The molecule has 0 N–H and O–H groups in total. The van der Waals surface area contributed by atoms with E-state index in [0.717, 1.165) is 43.9 Å². The molecule has 0 unspecified atom stereocenters. The second-order valence-corrected chi connectivity index (χ2v) is 17.5. The first-order valence-electron chi connectivity index (χ1n) is 20.5. The smallest absolute Gasteiger partial charge is 0.135 e. The second-order valence-electron chi connectivity index (χ2n) is 16.4. The molecule has 0 fully saturated rings. The zero-order valence-corrected chi connectivity index (χ0v) is 32.7. The van der Waals surface area contributed by atoms with Gasteiger partial charge in [0.25, 0.3) is 0 Å². The Balaban J connectivity index is 0.977. The topological polar surface area (TPSA) is 30.7 Å². The highest BCUT2D eigenvalue weighted by Crippen LogP contribution is 2.49. The van der Waals surface area contributed by atoms with Gasteiger partial charge in [0.15, 0.2) is 0 Å². The van der Waals surface area contributed by atoms with Crippen molar-refractivity contribution in [1.82, 2.24) is 4.40 Å². The highest BCUT2D eigenvalue weighted by atomic mass is 32.1. The molecule has 0 spiro atoms. The molecule has 0 aliphatic carbocycles. The molecule has 60 heavy (non-hydrogen) atoms. The normalized spacial score (nSPS) is 12.7. The van der Waals surface area contributed by atoms with Gasteiger partial charge in [-0.1, -0.05) is 91.0 Å². The minimum Gasteiger partial charge on any atom is -0.456 e. The quantitative estimate of drug-likeness (QED) is 0.175. The summed E-state index contributed by atoms with van der Waals surface area (Å²) >= 11 is 1.90. The molecular formula is C56H29NO2S. The van der Waals surface area contributed by atoms with Crippen LogP contribution >= 0.6 is 11.3 Å². The number of hydrogen-bond acceptors (Lipinski definition) is 3. The van der Waals surface area contributed by atoms with Crippen LogP contribution in [0.15, 0.2) is 185 Å². The van der Waals surface area contributed by atoms with E-state index in [2.05, 4.69) is 156 Å². The van der Waals surface area contributed by atoms with E-state index in [1.807, 2.05) is 35.6 Å². The molecule has 0 saturated heterocycles. The lowest BCUT2D eigenvalue weighted by molar-refractivity contribution is 0.668. The molecule has 0 saturated carbocycles. The molecule has 0 bridgehead atoms. The van der Waals surface area contributed by atoms with Gasteiger partial charge in [0, 0.05) is 63.3 Å². The summed E-state index contributed by atoms with van der Waals surface area (Å²) in [6.45, 7) is 0. The molecule has 5 heterocycles. The van der Waals surface area contributed by atoms with Crippen molar-refractivity contribution in [2.75, 3.05) is 0 Å². The van der Waals surface area contributed by atoms with E-state index in [1.54, 1.807) is 0 Å². The number of aromatic nitrogens is 1. The lowest BCUT2D eigenvalue weighted by Crippen LogP contribution is -1.84. The van der Waals surface area contributed by atoms with E-state index in [9.17, 15) is 0 Å². The van der Waals surface area contributed by atoms with E-state index in [0.29, 0.717) is 0 Å². The highest BCUT2D eigenvalue weighted by molar-refractivity contribution is 7.26. The fourth-order valence-corrected chi connectivity index (χ4v) is 11.6. The molecule has 15 rings (SSSR count). The van der Waals surface area contributed by atoms with Crippen LogP contribution in [0.25, 0.3) is 146 Å². The fourth-order valence-electron chi connectivity index (χ4n) is 10.5. The van der Waals surface area contributed by atoms with E-state index < -0.39 is 0 Å². The van der Waals surface area contributed by atoms with Crippen LogP contribution in [0.1, 0.15) is 0 Å². The zero-order valence-electron chi connectivity index (χ0n) is 31.9. The van der Waals surface area contributed by atoms with Gasteiger partial charge in [-0.2, -0.15) is 0 Å². The Hall–Kier alpha value is -7.66. The van der Waals surface area contributed by atoms with Gasteiger partial charge in [-0.15, -0.1) is 11.3 Å². The zero-order chi connectivity index (χ0) is 38.8. The van der Waals surface area contributed by atoms with Crippen LogP contribution in [0.4, 0.5) is 0 Å². The van der Waals surface area contributed by atoms with Gasteiger partial charge in [0.05, 0.1) is 16.6 Å². The van der Waals surface area contributed by atoms with Crippen molar-refractivity contribution in [3.63, 3.8) is 0 Å². The van der Waals surface area contributed by atoms with Crippen molar-refractivity contribution in [3.05, 3.63) is 176 Å². The minimum atomic E-state index is 0.919. The molecule has 0 radical (unpaired) electrons. The average molecular weight is 780 g/mol. The van der Waals surface area contributed by atoms with Gasteiger partial charge >= 0.3 is 0 Å². The van der Waals surface area contributed by atoms with Gasteiger partial charge in [-0.3, -0.25) is 0 Å². The van der Waals surface area contributed by atoms with Crippen molar-refractivity contribution in [1.29, 1.82) is 0 Å². The van der Waals surface area contributed by atoms with E-state index in [-0.39, 0.29) is 0 Å². The number of furan rings is 2. The first-order valence-corrected chi connectivity index (χ1v) is 21.3. The minimum absolute atomic E-state index is 0.919. The Morgan fingerprint density at radius 2 is 0.833 bits per heavy atom. The first kappa shape index (κ1) is 31.3. The summed E-state index contributed by atoms with van der Waals surface area (Å²) in [5.41, 5.74) is 12.3. The van der Waals surface area contributed by atoms with E-state index in [1.165, 1.54) is 102 Å². The summed E-state index contributed by atoms with van der Waals surface area (Å²) in [4.78, 5) is 0. The van der Waals surface area contributed by atoms with Gasteiger partial charge in [0.1, 0.15) is 22.3 Å². The Labute approximate surface area is 344 Å². The molecule has 0 atom stereocenters. The summed E-state index contributed by atoms with van der Waals surface area (Å²) < 4.78 is 17.5. The molecule has 15 aromatic rings. The highest BCUT2D eigenvalue weighted by Gasteiger charge is 2.23. The van der Waals surface area contributed by atoms with Gasteiger partial charge in [-0.25, -0.2) is 0 Å². The maximum atomic E-state index is 6.17. The van der Waals surface area contributed by atoms with E-state index >= 15 is 0 Å². The monoisotopic (exact) mass is 779 g/mol. The summed E-state index contributed by atoms with van der Waals surface area (Å²) in [6, 6.07) is 64.7. The summed E-state index contributed by atoms with van der Waals surface area (Å²) in [5.74, 6) is 0. The van der Waals surface area contributed by atoms with Crippen molar-refractivity contribution >= 4 is 135 Å². The molecule has 5 aromatic heterocycles. The Morgan fingerprint density at radius 1 is 0.317 bits per heavy atom. The summed E-state index contributed by atoms with van der Waals surface area (Å²) in [6.07, 6.45) is 0. The number of benzene rings is 10. The van der Waals surface area contributed by atoms with Crippen LogP contribution in [-0.4, -0.2) is 4.40 Å². The van der Waals surface area contributed by atoms with Crippen molar-refractivity contribution < 1.29 is 8.83 Å². The molecular weight excluding hydrogens is 751 g/mol. The summed E-state index contributed by atoms with van der Waals surface area (Å²) in [7, 11) is 0. The molecule has 0 amide bonds. The Kier molecular flexibility index (Phi) is 5.79. The maximum Gasteiger partial charge on any atom is 0.135 e. The Morgan fingerprint density at radius 3 is 1.48 bits per heavy atom. The van der Waals surface area contributed by atoms with Crippen LogP contribution in [0.3, 0.4) is 0 Å².